The second-order valence-electron chi connectivity index (χ2n) is 3.71. The monoisotopic (exact) mass is 255 g/mol. The molecule has 2 N–H and O–H groups in total. The molecule has 0 aliphatic rings. The molecule has 17 heavy (non-hydrogen) atoms. The molecule has 0 bridgehead atoms. The van der Waals surface area contributed by atoms with Gasteiger partial charge in [-0.2, -0.15) is 8.42 Å². The molecule has 1 rings (SSSR count). The third-order valence-electron chi connectivity index (χ3n) is 2.05. The molecule has 0 unspecified atom stereocenters. The van der Waals surface area contributed by atoms with Crippen LogP contribution in [-0.4, -0.2) is 18.9 Å². The van der Waals surface area contributed by atoms with E-state index in [9.17, 15) is 13.2 Å². The maximum Gasteiger partial charge on any atom is 0.296 e. The van der Waals surface area contributed by atoms with Crippen molar-refractivity contribution in [1.29, 1.82) is 0 Å². The van der Waals surface area contributed by atoms with Crippen molar-refractivity contribution in [3.05, 3.63) is 35.9 Å². The van der Waals surface area contributed by atoms with Crippen LogP contribution in [-0.2, 0) is 14.9 Å². The molecule has 92 valence electrons. The van der Waals surface area contributed by atoms with Crippen molar-refractivity contribution in [2.45, 2.75) is 18.7 Å². The molecule has 0 saturated carbocycles. The predicted molar refractivity (Wildman–Crippen MR) is 64.4 cm³/mol. The highest BCUT2D eigenvalue weighted by molar-refractivity contribution is 7.86. The number of hydrogen-bond acceptors (Lipinski definition) is 3. The van der Waals surface area contributed by atoms with E-state index in [-0.39, 0.29) is 16.2 Å². The number of benzene rings is 1. The van der Waals surface area contributed by atoms with E-state index < -0.39 is 16.0 Å². The first-order chi connectivity index (χ1) is 7.71. The average Bonchev–Trinajstić information content (AvgIpc) is 2.15. The highest BCUT2D eigenvalue weighted by atomic mass is 32.2. The molecule has 1 aromatic rings. The Hall–Kier alpha value is -1.66. The Morgan fingerprint density at radius 1 is 1.41 bits per heavy atom. The fraction of sp³-hybridized carbons (Fsp3) is 0.182. The molecular weight excluding hydrogens is 242 g/mol. The molecule has 0 spiro atoms. The summed E-state index contributed by atoms with van der Waals surface area (Å²) in [5.74, 6) is -0.500. The van der Waals surface area contributed by atoms with Crippen LogP contribution in [0.5, 0.6) is 0 Å². The molecule has 0 aromatic heterocycles. The molecule has 0 atom stereocenters. The van der Waals surface area contributed by atoms with Crippen LogP contribution in [0.2, 0.25) is 0 Å². The number of amides is 1. The van der Waals surface area contributed by atoms with Gasteiger partial charge in [0.15, 0.2) is 0 Å². The van der Waals surface area contributed by atoms with Gasteiger partial charge in [0.25, 0.3) is 16.0 Å². The zero-order chi connectivity index (χ0) is 13.2. The largest absolute Gasteiger partial charge is 0.321 e. The highest BCUT2D eigenvalue weighted by Crippen LogP contribution is 2.22. The minimum Gasteiger partial charge on any atom is -0.321 e. The zero-order valence-electron chi connectivity index (χ0n) is 9.52. The van der Waals surface area contributed by atoms with Gasteiger partial charge >= 0.3 is 0 Å². The van der Waals surface area contributed by atoms with Gasteiger partial charge in [0.05, 0.1) is 5.69 Å². The summed E-state index contributed by atoms with van der Waals surface area (Å²) in [5.41, 5.74) is 1.04. The summed E-state index contributed by atoms with van der Waals surface area (Å²) >= 11 is 0. The molecule has 5 nitrogen and oxygen atoms in total. The van der Waals surface area contributed by atoms with Crippen LogP contribution in [0.3, 0.4) is 0 Å². The first kappa shape index (κ1) is 13.4. The summed E-state index contributed by atoms with van der Waals surface area (Å²) < 4.78 is 31.2. The molecule has 0 fully saturated rings. The first-order valence-electron chi connectivity index (χ1n) is 4.77. The summed E-state index contributed by atoms with van der Waals surface area (Å²) in [4.78, 5) is 11.1. The Balaban J connectivity index is 3.26. The molecule has 0 saturated heterocycles. The van der Waals surface area contributed by atoms with Crippen LogP contribution >= 0.6 is 0 Å². The quantitative estimate of drug-likeness (QED) is 0.636. The van der Waals surface area contributed by atoms with E-state index in [1.54, 1.807) is 6.92 Å². The molecular formula is C11H13NO4S. The van der Waals surface area contributed by atoms with Gasteiger partial charge in [0.1, 0.15) is 4.90 Å². The van der Waals surface area contributed by atoms with E-state index in [0.29, 0.717) is 0 Å². The number of nitrogens with one attached hydrogen (secondary N) is 1. The van der Waals surface area contributed by atoms with Crippen LogP contribution in [0, 0.1) is 6.92 Å². The van der Waals surface area contributed by atoms with Gasteiger partial charge in [-0.05, 0) is 31.5 Å². The number of hydrogen-bond donors (Lipinski definition) is 2. The summed E-state index contributed by atoms with van der Waals surface area (Å²) in [6.07, 6.45) is 0. The van der Waals surface area contributed by atoms with Crippen molar-refractivity contribution in [3.63, 3.8) is 0 Å². The average molecular weight is 255 g/mol. The Morgan fingerprint density at radius 2 is 2.00 bits per heavy atom. The molecule has 0 aliphatic heterocycles. The van der Waals surface area contributed by atoms with E-state index in [4.69, 9.17) is 4.55 Å². The highest BCUT2D eigenvalue weighted by Gasteiger charge is 2.17. The molecule has 0 heterocycles. The van der Waals surface area contributed by atoms with E-state index in [0.717, 1.165) is 5.56 Å². The van der Waals surface area contributed by atoms with Crippen LogP contribution in [0.1, 0.15) is 12.5 Å². The zero-order valence-corrected chi connectivity index (χ0v) is 10.3. The summed E-state index contributed by atoms with van der Waals surface area (Å²) in [6, 6.07) is 4.22. The maximum absolute atomic E-state index is 11.4. The van der Waals surface area contributed by atoms with Crippen LogP contribution in [0.15, 0.2) is 35.2 Å². The van der Waals surface area contributed by atoms with Gasteiger partial charge in [-0.1, -0.05) is 12.6 Å². The Kier molecular flexibility index (Phi) is 3.69. The number of anilines is 1. The second kappa shape index (κ2) is 4.68. The molecule has 0 radical (unpaired) electrons. The van der Waals surface area contributed by atoms with E-state index in [1.165, 1.54) is 25.1 Å². The third kappa shape index (κ3) is 3.40. The van der Waals surface area contributed by atoms with Crippen molar-refractivity contribution < 1.29 is 17.8 Å². The molecule has 1 aromatic carbocycles. The lowest BCUT2D eigenvalue weighted by molar-refractivity contribution is -0.112. The first-order valence-corrected chi connectivity index (χ1v) is 6.21. The van der Waals surface area contributed by atoms with Crippen molar-refractivity contribution in [2.75, 3.05) is 5.32 Å². The van der Waals surface area contributed by atoms with Crippen LogP contribution < -0.4 is 5.32 Å². The standard InChI is InChI=1S/C11H13NO4S/c1-7(2)11(13)12-9-6-8(3)4-5-10(9)17(14,15)16/h4-6H,1H2,2-3H3,(H,12,13)(H,14,15,16). The Bertz CT molecular complexity index is 575. The lowest BCUT2D eigenvalue weighted by Gasteiger charge is -2.09. The summed E-state index contributed by atoms with van der Waals surface area (Å²) in [5, 5.41) is 2.38. The molecule has 0 aliphatic carbocycles. The number of carbonyl (C=O) groups is 1. The van der Waals surface area contributed by atoms with Gasteiger partial charge < -0.3 is 5.32 Å². The predicted octanol–water partition coefficient (Wildman–Crippen LogP) is 1.76. The van der Waals surface area contributed by atoms with E-state index >= 15 is 0 Å². The Morgan fingerprint density at radius 3 is 2.47 bits per heavy atom. The topological polar surface area (TPSA) is 83.5 Å². The normalized spacial score (nSPS) is 11.0. The van der Waals surface area contributed by atoms with Gasteiger partial charge in [0, 0.05) is 5.57 Å². The minimum absolute atomic E-state index is 0.0421. The van der Waals surface area contributed by atoms with Crippen molar-refractivity contribution in [1.82, 2.24) is 0 Å². The smallest absolute Gasteiger partial charge is 0.296 e. The Labute approximate surface area is 99.9 Å². The van der Waals surface area contributed by atoms with Crippen molar-refractivity contribution in [2.24, 2.45) is 0 Å². The van der Waals surface area contributed by atoms with Gasteiger partial charge in [0.2, 0.25) is 0 Å². The number of carbonyl (C=O) groups excluding carboxylic acids is 1. The van der Waals surface area contributed by atoms with Gasteiger partial charge in [-0.15, -0.1) is 0 Å². The van der Waals surface area contributed by atoms with E-state index in [1.807, 2.05) is 0 Å². The lowest BCUT2D eigenvalue weighted by Crippen LogP contribution is -2.15. The SMILES string of the molecule is C=C(C)C(=O)Nc1cc(C)ccc1S(=O)(=O)O. The fourth-order valence-electron chi connectivity index (χ4n) is 1.20. The number of aryl methyl sites for hydroxylation is 1. The van der Waals surface area contributed by atoms with Crippen LogP contribution in [0.25, 0.3) is 0 Å². The van der Waals surface area contributed by atoms with Gasteiger partial charge in [-0.3, -0.25) is 9.35 Å². The lowest BCUT2D eigenvalue weighted by atomic mass is 10.2. The summed E-state index contributed by atoms with van der Waals surface area (Å²) in [6.45, 7) is 6.68. The second-order valence-corrected chi connectivity index (χ2v) is 5.10. The van der Waals surface area contributed by atoms with E-state index in [2.05, 4.69) is 11.9 Å². The van der Waals surface area contributed by atoms with Crippen molar-refractivity contribution >= 4 is 21.7 Å². The summed E-state index contributed by atoms with van der Waals surface area (Å²) in [7, 11) is -4.37. The maximum atomic E-state index is 11.4. The molecule has 6 heteroatoms. The molecule has 1 amide bonds. The van der Waals surface area contributed by atoms with Crippen LogP contribution in [0.4, 0.5) is 5.69 Å². The minimum atomic E-state index is -4.37. The fourth-order valence-corrected chi connectivity index (χ4v) is 1.82. The van der Waals surface area contributed by atoms with Gasteiger partial charge in [-0.25, -0.2) is 0 Å². The third-order valence-corrected chi connectivity index (χ3v) is 2.96. The van der Waals surface area contributed by atoms with Crippen molar-refractivity contribution in [3.8, 4) is 0 Å². The number of rotatable bonds is 3.